The normalized spacial score (nSPS) is 20.5. The number of alkyl halides is 1. The van der Waals surface area contributed by atoms with Gasteiger partial charge in [0.15, 0.2) is 17.6 Å². The maximum Gasteiger partial charge on any atom is 0.315 e. The average Bonchev–Trinajstić information content (AvgIpc) is 2.57. The second-order valence-electron chi connectivity index (χ2n) is 5.21. The number of halogens is 1. The van der Waals surface area contributed by atoms with E-state index >= 15 is 0 Å². The first-order valence-corrected chi connectivity index (χ1v) is 8.66. The van der Waals surface area contributed by atoms with Crippen molar-refractivity contribution < 1.29 is 28.5 Å². The second-order valence-corrected chi connectivity index (χ2v) is 6.81. The third-order valence-corrected chi connectivity index (χ3v) is 5.47. The van der Waals surface area contributed by atoms with Crippen molar-refractivity contribution in [2.45, 2.75) is 23.4 Å². The molecule has 1 heterocycles. The number of ether oxygens (including phenoxy) is 4. The van der Waals surface area contributed by atoms with Crippen molar-refractivity contribution in [3.8, 4) is 17.2 Å². The molecule has 1 saturated heterocycles. The summed E-state index contributed by atoms with van der Waals surface area (Å²) >= 11 is 2.17. The highest BCUT2D eigenvalue weighted by Gasteiger charge is 2.50. The number of esters is 1. The molecule has 7 nitrogen and oxygen atoms in total. The number of methoxy groups -OCH3 is 3. The van der Waals surface area contributed by atoms with E-state index in [1.807, 2.05) is 6.92 Å². The molecule has 1 aliphatic heterocycles. The van der Waals surface area contributed by atoms with Gasteiger partial charge in [0.05, 0.1) is 21.3 Å². The number of carbonyl (C=O) groups excluding carboxylic acids is 2. The first kappa shape index (κ1) is 18.6. The number of cyclic esters (lactones) is 1. The number of amides is 1. The van der Waals surface area contributed by atoms with Crippen LogP contribution in [0.4, 0.5) is 5.69 Å². The number of carbonyl (C=O) groups is 2. The van der Waals surface area contributed by atoms with Gasteiger partial charge in [0.25, 0.3) is 5.91 Å². The van der Waals surface area contributed by atoms with Gasteiger partial charge in [0.2, 0.25) is 5.75 Å². The lowest BCUT2D eigenvalue weighted by atomic mass is 9.91. The minimum atomic E-state index is -0.779. The molecule has 1 aliphatic rings. The molecule has 1 amide bonds. The van der Waals surface area contributed by atoms with Crippen molar-refractivity contribution in [1.29, 1.82) is 0 Å². The summed E-state index contributed by atoms with van der Waals surface area (Å²) in [7, 11) is 4.49. The summed E-state index contributed by atoms with van der Waals surface area (Å²) in [6.07, 6.45) is 0.00678. The molecule has 1 aromatic rings. The van der Waals surface area contributed by atoms with Gasteiger partial charge in [-0.05, 0) is 6.42 Å². The van der Waals surface area contributed by atoms with E-state index in [0.29, 0.717) is 22.9 Å². The molecule has 0 aliphatic carbocycles. The Morgan fingerprint density at radius 2 is 1.83 bits per heavy atom. The summed E-state index contributed by atoms with van der Waals surface area (Å²) in [6, 6.07) is 3.24. The highest BCUT2D eigenvalue weighted by atomic mass is 127. The summed E-state index contributed by atoms with van der Waals surface area (Å²) in [6.45, 7) is 1.97. The Morgan fingerprint density at radius 3 is 2.25 bits per heavy atom. The van der Waals surface area contributed by atoms with Crippen molar-refractivity contribution >= 4 is 40.2 Å². The molecule has 1 N–H and O–H groups in total. The van der Waals surface area contributed by atoms with Crippen LogP contribution in [0.5, 0.6) is 17.2 Å². The zero-order valence-corrected chi connectivity index (χ0v) is 16.1. The van der Waals surface area contributed by atoms with E-state index in [1.165, 1.54) is 21.3 Å². The number of nitrogens with one attached hydrogen (secondary N) is 1. The van der Waals surface area contributed by atoms with Gasteiger partial charge >= 0.3 is 5.97 Å². The van der Waals surface area contributed by atoms with Crippen molar-refractivity contribution in [2.75, 3.05) is 26.6 Å². The van der Waals surface area contributed by atoms with Crippen LogP contribution in [0.25, 0.3) is 0 Å². The van der Waals surface area contributed by atoms with E-state index in [2.05, 4.69) is 27.9 Å². The summed E-state index contributed by atoms with van der Waals surface area (Å²) in [5.74, 6) is 0.163. The van der Waals surface area contributed by atoms with Crippen molar-refractivity contribution in [3.05, 3.63) is 12.1 Å². The van der Waals surface area contributed by atoms with Gasteiger partial charge in [-0.15, -0.1) is 0 Å². The average molecular weight is 449 g/mol. The number of benzene rings is 1. The molecule has 0 aromatic heterocycles. The molecule has 0 radical (unpaired) electrons. The molecule has 2 rings (SSSR count). The molecule has 132 valence electrons. The van der Waals surface area contributed by atoms with E-state index in [9.17, 15) is 9.59 Å². The number of hydrogen-bond donors (Lipinski definition) is 1. The highest BCUT2D eigenvalue weighted by Crippen LogP contribution is 2.40. The lowest BCUT2D eigenvalue weighted by Crippen LogP contribution is -2.55. The molecule has 0 spiro atoms. The van der Waals surface area contributed by atoms with E-state index in [-0.39, 0.29) is 15.8 Å². The van der Waals surface area contributed by atoms with Crippen LogP contribution in [0.2, 0.25) is 0 Å². The standard InChI is InChI=1S/C16H20INO6/c1-5-9(17)12-14(24-16(12)20)15(19)18-8-6-10(21-2)13(23-4)11(7-8)22-3/h6-7,9,12,14H,5H2,1-4H3,(H,18,19)/t9-,12-,14+/m0/s1. The molecular weight excluding hydrogens is 429 g/mol. The van der Waals surface area contributed by atoms with E-state index in [0.717, 1.165) is 6.42 Å². The molecule has 0 bridgehead atoms. The third kappa shape index (κ3) is 3.52. The molecule has 1 fully saturated rings. The van der Waals surface area contributed by atoms with Gasteiger partial charge in [-0.1, -0.05) is 29.5 Å². The van der Waals surface area contributed by atoms with Gasteiger partial charge in [0, 0.05) is 21.7 Å². The summed E-state index contributed by atoms with van der Waals surface area (Å²) in [5, 5.41) is 2.74. The molecule has 3 atom stereocenters. The Balaban J connectivity index is 2.19. The quantitative estimate of drug-likeness (QED) is 0.391. The highest BCUT2D eigenvalue weighted by molar-refractivity contribution is 14.1. The monoisotopic (exact) mass is 449 g/mol. The van der Waals surface area contributed by atoms with Gasteiger partial charge in [-0.25, -0.2) is 0 Å². The van der Waals surface area contributed by atoms with Crippen LogP contribution in [0.3, 0.4) is 0 Å². The van der Waals surface area contributed by atoms with Crippen molar-refractivity contribution in [3.63, 3.8) is 0 Å². The predicted octanol–water partition coefficient (Wildman–Crippen LogP) is 2.41. The van der Waals surface area contributed by atoms with Crippen molar-refractivity contribution in [2.24, 2.45) is 5.92 Å². The zero-order valence-electron chi connectivity index (χ0n) is 13.9. The first-order chi connectivity index (χ1) is 11.5. The fourth-order valence-corrected chi connectivity index (χ4v) is 3.17. The molecule has 1 aromatic carbocycles. The zero-order chi connectivity index (χ0) is 17.9. The van der Waals surface area contributed by atoms with Crippen molar-refractivity contribution in [1.82, 2.24) is 0 Å². The van der Waals surface area contributed by atoms with Crippen LogP contribution in [0.15, 0.2) is 12.1 Å². The molecule has 0 unspecified atom stereocenters. The summed E-state index contributed by atoms with van der Waals surface area (Å²) in [5.41, 5.74) is 0.470. The fourth-order valence-electron chi connectivity index (χ4n) is 2.50. The minimum Gasteiger partial charge on any atom is -0.493 e. The van der Waals surface area contributed by atoms with Crippen LogP contribution in [-0.4, -0.2) is 43.2 Å². The Hall–Kier alpha value is -1.71. The molecular formula is C16H20INO6. The van der Waals surface area contributed by atoms with Gasteiger partial charge < -0.3 is 24.3 Å². The van der Waals surface area contributed by atoms with Crippen LogP contribution in [0, 0.1) is 5.92 Å². The number of anilines is 1. The predicted molar refractivity (Wildman–Crippen MR) is 96.2 cm³/mol. The number of hydrogen-bond acceptors (Lipinski definition) is 6. The van der Waals surface area contributed by atoms with Crippen LogP contribution in [-0.2, 0) is 14.3 Å². The lowest BCUT2D eigenvalue weighted by molar-refractivity contribution is -0.186. The Labute approximate surface area is 154 Å². The van der Waals surface area contributed by atoms with Gasteiger partial charge in [-0.2, -0.15) is 0 Å². The molecule has 24 heavy (non-hydrogen) atoms. The maximum absolute atomic E-state index is 12.4. The second kappa shape index (κ2) is 7.91. The Kier molecular flexibility index (Phi) is 6.14. The number of rotatable bonds is 7. The van der Waals surface area contributed by atoms with E-state index in [1.54, 1.807) is 12.1 Å². The topological polar surface area (TPSA) is 83.1 Å². The Bertz CT molecular complexity index is 610. The summed E-state index contributed by atoms with van der Waals surface area (Å²) < 4.78 is 20.8. The van der Waals surface area contributed by atoms with Crippen LogP contribution >= 0.6 is 22.6 Å². The molecule has 8 heteroatoms. The molecule has 0 saturated carbocycles. The maximum atomic E-state index is 12.4. The fraction of sp³-hybridized carbons (Fsp3) is 0.500. The lowest BCUT2D eigenvalue weighted by Gasteiger charge is -2.36. The van der Waals surface area contributed by atoms with Crippen LogP contribution in [0.1, 0.15) is 13.3 Å². The smallest absolute Gasteiger partial charge is 0.315 e. The third-order valence-electron chi connectivity index (χ3n) is 3.81. The van der Waals surface area contributed by atoms with Gasteiger partial charge in [0.1, 0.15) is 5.92 Å². The Morgan fingerprint density at radius 1 is 1.25 bits per heavy atom. The first-order valence-electron chi connectivity index (χ1n) is 7.42. The van der Waals surface area contributed by atoms with Crippen LogP contribution < -0.4 is 19.5 Å². The summed E-state index contributed by atoms with van der Waals surface area (Å²) in [4.78, 5) is 24.0. The SMILES string of the molecule is CC[C@H](I)[C@@H]1C(=O)O[C@H]1C(=O)Nc1cc(OC)c(OC)c(OC)c1. The largest absolute Gasteiger partial charge is 0.493 e. The van der Waals surface area contributed by atoms with E-state index < -0.39 is 12.0 Å². The minimum absolute atomic E-state index is 0.0551. The van der Waals surface area contributed by atoms with Gasteiger partial charge in [-0.3, -0.25) is 9.59 Å². The van der Waals surface area contributed by atoms with E-state index in [4.69, 9.17) is 18.9 Å².